The molecule has 8 heteroatoms. The molecule has 29 heavy (non-hydrogen) atoms. The molecule has 1 N–H and O–H groups in total. The lowest BCUT2D eigenvalue weighted by Gasteiger charge is -2.32. The Kier molecular flexibility index (Phi) is 7.00. The number of hydrogen-bond donors (Lipinski definition) is 1. The fourth-order valence-electron chi connectivity index (χ4n) is 3.35. The van der Waals surface area contributed by atoms with Crippen molar-refractivity contribution in [3.05, 3.63) is 23.8 Å². The standard InChI is InChI=1S/C21H31NO7/c1-12(2)10-15-17(19(23)24)28-18(22(15)20(25)29-21(3,4)5)14-9-8-13(26-6)11-16(14)27-7/h8-9,11-12,15,17-18H,10H2,1-7H3,(H,23,24)/t15-,17-,18-/m1/s1. The predicted octanol–water partition coefficient (Wildman–Crippen LogP) is 3.84. The lowest BCUT2D eigenvalue weighted by molar-refractivity contribution is -0.150. The van der Waals surface area contributed by atoms with E-state index in [4.69, 9.17) is 18.9 Å². The zero-order valence-electron chi connectivity index (χ0n) is 18.1. The molecule has 1 aromatic rings. The van der Waals surface area contributed by atoms with Crippen LogP contribution in [0.2, 0.25) is 0 Å². The topological polar surface area (TPSA) is 94.5 Å². The van der Waals surface area contributed by atoms with E-state index in [1.807, 2.05) is 13.8 Å². The molecular weight excluding hydrogens is 378 g/mol. The van der Waals surface area contributed by atoms with Gasteiger partial charge in [0.05, 0.1) is 20.3 Å². The first-order valence-corrected chi connectivity index (χ1v) is 9.60. The molecule has 1 fully saturated rings. The van der Waals surface area contributed by atoms with E-state index in [-0.39, 0.29) is 5.92 Å². The SMILES string of the molecule is COc1ccc([C@H]2O[C@@H](C(=O)O)[C@@H](CC(C)C)N2C(=O)OC(C)(C)C)c(OC)c1. The second kappa shape index (κ2) is 8.90. The Morgan fingerprint density at radius 1 is 1.21 bits per heavy atom. The van der Waals surface area contributed by atoms with E-state index in [9.17, 15) is 14.7 Å². The fourth-order valence-corrected chi connectivity index (χ4v) is 3.35. The number of nitrogens with zero attached hydrogens (tertiary/aromatic N) is 1. The average Bonchev–Trinajstić information content (AvgIpc) is 2.98. The first kappa shape index (κ1) is 22.8. The molecule has 0 unspecified atom stereocenters. The van der Waals surface area contributed by atoms with Gasteiger partial charge in [0, 0.05) is 11.6 Å². The number of carbonyl (C=O) groups excluding carboxylic acids is 1. The van der Waals surface area contributed by atoms with Gasteiger partial charge in [-0.1, -0.05) is 13.8 Å². The molecule has 8 nitrogen and oxygen atoms in total. The summed E-state index contributed by atoms with van der Waals surface area (Å²) in [7, 11) is 3.03. The van der Waals surface area contributed by atoms with Crippen molar-refractivity contribution in [2.24, 2.45) is 5.92 Å². The van der Waals surface area contributed by atoms with E-state index in [0.717, 1.165) is 0 Å². The average molecular weight is 409 g/mol. The van der Waals surface area contributed by atoms with E-state index in [0.29, 0.717) is 23.5 Å². The molecule has 1 aliphatic heterocycles. The van der Waals surface area contributed by atoms with Crippen molar-refractivity contribution >= 4 is 12.1 Å². The van der Waals surface area contributed by atoms with Crippen LogP contribution in [0.15, 0.2) is 18.2 Å². The van der Waals surface area contributed by atoms with Gasteiger partial charge >= 0.3 is 12.1 Å². The molecule has 3 atom stereocenters. The summed E-state index contributed by atoms with van der Waals surface area (Å²) in [6, 6.07) is 4.40. The van der Waals surface area contributed by atoms with Crippen LogP contribution in [0.25, 0.3) is 0 Å². The molecule has 1 saturated heterocycles. The minimum atomic E-state index is -1.18. The second-order valence-electron chi connectivity index (χ2n) is 8.44. The molecule has 1 aromatic carbocycles. The van der Waals surface area contributed by atoms with Crippen molar-refractivity contribution in [3.8, 4) is 11.5 Å². The number of carboxylic acid groups (broad SMARTS) is 1. The summed E-state index contributed by atoms with van der Waals surface area (Å²) in [4.78, 5) is 26.4. The number of methoxy groups -OCH3 is 2. The van der Waals surface area contributed by atoms with Crippen LogP contribution in [0.1, 0.15) is 52.8 Å². The Balaban J connectivity index is 2.55. The highest BCUT2D eigenvalue weighted by Crippen LogP contribution is 2.42. The largest absolute Gasteiger partial charge is 0.497 e. The molecule has 1 amide bonds. The monoisotopic (exact) mass is 409 g/mol. The Bertz CT molecular complexity index is 741. The summed E-state index contributed by atoms with van der Waals surface area (Å²) in [6.45, 7) is 9.21. The third-order valence-corrected chi connectivity index (χ3v) is 4.50. The number of amides is 1. The summed E-state index contributed by atoms with van der Waals surface area (Å²) >= 11 is 0. The van der Waals surface area contributed by atoms with Gasteiger partial charge in [-0.3, -0.25) is 4.90 Å². The van der Waals surface area contributed by atoms with E-state index in [2.05, 4.69) is 0 Å². The molecule has 0 aromatic heterocycles. The van der Waals surface area contributed by atoms with Crippen LogP contribution in [0.4, 0.5) is 4.79 Å². The molecule has 1 aliphatic rings. The van der Waals surface area contributed by atoms with E-state index in [1.165, 1.54) is 19.1 Å². The maximum atomic E-state index is 13.1. The van der Waals surface area contributed by atoms with Gasteiger partial charge in [0.1, 0.15) is 17.1 Å². The van der Waals surface area contributed by atoms with E-state index >= 15 is 0 Å². The predicted molar refractivity (Wildman–Crippen MR) is 106 cm³/mol. The van der Waals surface area contributed by atoms with Gasteiger partial charge in [-0.15, -0.1) is 0 Å². The van der Waals surface area contributed by atoms with E-state index < -0.39 is 36.0 Å². The maximum Gasteiger partial charge on any atom is 0.413 e. The Morgan fingerprint density at radius 2 is 1.86 bits per heavy atom. The second-order valence-corrected chi connectivity index (χ2v) is 8.44. The molecule has 0 aliphatic carbocycles. The third-order valence-electron chi connectivity index (χ3n) is 4.50. The van der Waals surface area contributed by atoms with Crippen LogP contribution in [-0.2, 0) is 14.3 Å². The zero-order chi connectivity index (χ0) is 21.9. The van der Waals surface area contributed by atoms with Crippen LogP contribution in [-0.4, -0.2) is 54.0 Å². The van der Waals surface area contributed by atoms with Gasteiger partial charge in [0.2, 0.25) is 0 Å². The lowest BCUT2D eigenvalue weighted by atomic mass is 9.98. The normalized spacial score (nSPS) is 21.9. The zero-order valence-corrected chi connectivity index (χ0v) is 18.1. The molecule has 0 bridgehead atoms. The summed E-state index contributed by atoms with van der Waals surface area (Å²) in [5.74, 6) is 0.0178. The number of hydrogen-bond acceptors (Lipinski definition) is 6. The number of carboxylic acids is 1. The molecule has 0 saturated carbocycles. The van der Waals surface area contributed by atoms with Crippen LogP contribution in [0, 0.1) is 5.92 Å². The molecule has 2 rings (SSSR count). The van der Waals surface area contributed by atoms with Gasteiger partial charge in [0.25, 0.3) is 0 Å². The van der Waals surface area contributed by atoms with Crippen molar-refractivity contribution in [1.82, 2.24) is 4.90 Å². The third kappa shape index (κ3) is 5.32. The molecular formula is C21H31NO7. The highest BCUT2D eigenvalue weighted by Gasteiger charge is 2.51. The van der Waals surface area contributed by atoms with Crippen molar-refractivity contribution in [3.63, 3.8) is 0 Å². The first-order valence-electron chi connectivity index (χ1n) is 9.60. The Hall–Kier alpha value is -2.48. The number of ether oxygens (including phenoxy) is 4. The Morgan fingerprint density at radius 3 is 2.34 bits per heavy atom. The molecule has 0 radical (unpaired) electrons. The molecule has 162 valence electrons. The number of carbonyl (C=O) groups is 2. The maximum absolute atomic E-state index is 13.1. The minimum absolute atomic E-state index is 0.145. The summed E-state index contributed by atoms with van der Waals surface area (Å²) in [6.07, 6.45) is -2.32. The highest BCUT2D eigenvalue weighted by molar-refractivity contribution is 5.77. The Labute approximate surface area is 171 Å². The molecule has 0 spiro atoms. The van der Waals surface area contributed by atoms with Crippen LogP contribution in [0.3, 0.4) is 0 Å². The van der Waals surface area contributed by atoms with Crippen molar-refractivity contribution in [2.45, 2.75) is 65.0 Å². The number of aliphatic carboxylic acids is 1. The first-order chi connectivity index (χ1) is 13.5. The highest BCUT2D eigenvalue weighted by atomic mass is 16.6. The van der Waals surface area contributed by atoms with Crippen LogP contribution in [0.5, 0.6) is 11.5 Å². The quantitative estimate of drug-likeness (QED) is 0.763. The summed E-state index contributed by atoms with van der Waals surface area (Å²) < 4.78 is 22.2. The van der Waals surface area contributed by atoms with Gasteiger partial charge in [-0.2, -0.15) is 0 Å². The number of benzene rings is 1. The van der Waals surface area contributed by atoms with Gasteiger partial charge in [0.15, 0.2) is 12.3 Å². The number of rotatable bonds is 6. The van der Waals surface area contributed by atoms with Crippen LogP contribution >= 0.6 is 0 Å². The van der Waals surface area contributed by atoms with Crippen molar-refractivity contribution in [2.75, 3.05) is 14.2 Å². The summed E-state index contributed by atoms with van der Waals surface area (Å²) in [5, 5.41) is 9.75. The van der Waals surface area contributed by atoms with Gasteiger partial charge < -0.3 is 24.1 Å². The summed E-state index contributed by atoms with van der Waals surface area (Å²) in [5.41, 5.74) is -0.216. The van der Waals surface area contributed by atoms with Gasteiger partial charge in [-0.05, 0) is 45.2 Å². The smallest absolute Gasteiger partial charge is 0.413 e. The lowest BCUT2D eigenvalue weighted by Crippen LogP contribution is -2.45. The molecule has 1 heterocycles. The van der Waals surface area contributed by atoms with Crippen LogP contribution < -0.4 is 9.47 Å². The van der Waals surface area contributed by atoms with E-state index in [1.54, 1.807) is 39.0 Å². The van der Waals surface area contributed by atoms with Crippen molar-refractivity contribution in [1.29, 1.82) is 0 Å². The fraction of sp³-hybridized carbons (Fsp3) is 0.619. The minimum Gasteiger partial charge on any atom is -0.497 e. The van der Waals surface area contributed by atoms with Crippen molar-refractivity contribution < 1.29 is 33.6 Å². The van der Waals surface area contributed by atoms with Gasteiger partial charge in [-0.25, -0.2) is 9.59 Å².